The van der Waals surface area contributed by atoms with Crippen LogP contribution in [0.25, 0.3) is 11.4 Å². The van der Waals surface area contributed by atoms with Gasteiger partial charge in [0.15, 0.2) is 5.82 Å². The first-order valence-corrected chi connectivity index (χ1v) is 6.63. The molecule has 1 saturated carbocycles. The van der Waals surface area contributed by atoms with E-state index in [9.17, 15) is 0 Å². The van der Waals surface area contributed by atoms with Crippen molar-refractivity contribution in [3.05, 3.63) is 36.4 Å². The molecule has 0 atom stereocenters. The minimum Gasteiger partial charge on any atom is -0.373 e. The molecule has 0 aliphatic heterocycles. The van der Waals surface area contributed by atoms with Crippen molar-refractivity contribution >= 4 is 11.6 Å². The molecule has 2 aromatic rings. The van der Waals surface area contributed by atoms with E-state index in [2.05, 4.69) is 27.2 Å². The van der Waals surface area contributed by atoms with Crippen molar-refractivity contribution in [3.63, 3.8) is 0 Å². The van der Waals surface area contributed by atoms with Crippen molar-refractivity contribution in [2.75, 3.05) is 24.3 Å². The first kappa shape index (κ1) is 12.0. The maximum Gasteiger partial charge on any atom is 0.163 e. The molecule has 98 valence electrons. The zero-order valence-electron chi connectivity index (χ0n) is 11.3. The molecule has 4 nitrogen and oxygen atoms in total. The van der Waals surface area contributed by atoms with Gasteiger partial charge in [-0.25, -0.2) is 9.97 Å². The summed E-state index contributed by atoms with van der Waals surface area (Å²) < 4.78 is 0. The molecular formula is C15H18N4. The monoisotopic (exact) mass is 254 g/mol. The standard InChI is InChI=1S/C15H18N4/c1-16-13-10-14(19(2)12-8-9-12)18-15(17-13)11-6-4-3-5-7-11/h3-7,10,12H,8-9H2,1-2H3,(H,16,17,18). The van der Waals surface area contributed by atoms with E-state index in [1.54, 1.807) is 0 Å². The van der Waals surface area contributed by atoms with E-state index < -0.39 is 0 Å². The lowest BCUT2D eigenvalue weighted by atomic mass is 10.2. The Morgan fingerprint density at radius 2 is 1.89 bits per heavy atom. The molecule has 19 heavy (non-hydrogen) atoms. The van der Waals surface area contributed by atoms with E-state index in [4.69, 9.17) is 0 Å². The van der Waals surface area contributed by atoms with Crippen LogP contribution in [-0.2, 0) is 0 Å². The van der Waals surface area contributed by atoms with Gasteiger partial charge in [0.1, 0.15) is 11.6 Å². The van der Waals surface area contributed by atoms with Crippen LogP contribution < -0.4 is 10.2 Å². The summed E-state index contributed by atoms with van der Waals surface area (Å²) in [6.07, 6.45) is 2.52. The van der Waals surface area contributed by atoms with Gasteiger partial charge in [0, 0.05) is 31.8 Å². The maximum absolute atomic E-state index is 4.69. The first-order valence-electron chi connectivity index (χ1n) is 6.63. The fraction of sp³-hybridized carbons (Fsp3) is 0.333. The molecule has 1 aliphatic rings. The van der Waals surface area contributed by atoms with Gasteiger partial charge in [-0.15, -0.1) is 0 Å². The molecule has 0 amide bonds. The number of benzene rings is 1. The third-order valence-corrected chi connectivity index (χ3v) is 3.46. The maximum atomic E-state index is 4.69. The highest BCUT2D eigenvalue weighted by Gasteiger charge is 2.27. The molecule has 0 radical (unpaired) electrons. The number of nitrogens with one attached hydrogen (secondary N) is 1. The molecule has 0 unspecified atom stereocenters. The van der Waals surface area contributed by atoms with Crippen LogP contribution in [0.15, 0.2) is 36.4 Å². The fourth-order valence-electron chi connectivity index (χ4n) is 2.11. The summed E-state index contributed by atoms with van der Waals surface area (Å²) >= 11 is 0. The topological polar surface area (TPSA) is 41.0 Å². The number of nitrogens with zero attached hydrogens (tertiary/aromatic N) is 3. The summed E-state index contributed by atoms with van der Waals surface area (Å²) in [6.45, 7) is 0. The van der Waals surface area contributed by atoms with Gasteiger partial charge >= 0.3 is 0 Å². The molecular weight excluding hydrogens is 236 g/mol. The molecule has 1 N–H and O–H groups in total. The van der Waals surface area contributed by atoms with Crippen molar-refractivity contribution in [1.82, 2.24) is 9.97 Å². The quantitative estimate of drug-likeness (QED) is 0.911. The van der Waals surface area contributed by atoms with Crippen molar-refractivity contribution in [2.45, 2.75) is 18.9 Å². The Labute approximate surface area is 113 Å². The highest BCUT2D eigenvalue weighted by atomic mass is 15.2. The zero-order valence-corrected chi connectivity index (χ0v) is 11.3. The van der Waals surface area contributed by atoms with Crippen molar-refractivity contribution < 1.29 is 0 Å². The molecule has 0 bridgehead atoms. The second kappa shape index (κ2) is 4.88. The summed E-state index contributed by atoms with van der Waals surface area (Å²) in [4.78, 5) is 11.5. The Balaban J connectivity index is 2.02. The molecule has 4 heteroatoms. The van der Waals surface area contributed by atoms with Gasteiger partial charge in [-0.05, 0) is 12.8 Å². The smallest absolute Gasteiger partial charge is 0.163 e. The largest absolute Gasteiger partial charge is 0.373 e. The normalized spacial score (nSPS) is 14.2. The fourth-order valence-corrected chi connectivity index (χ4v) is 2.11. The van der Waals surface area contributed by atoms with Gasteiger partial charge in [0.25, 0.3) is 0 Å². The number of hydrogen-bond donors (Lipinski definition) is 1. The molecule has 1 fully saturated rings. The highest BCUT2D eigenvalue weighted by molar-refractivity contribution is 5.61. The minimum atomic E-state index is 0.642. The van der Waals surface area contributed by atoms with Gasteiger partial charge in [0.05, 0.1) is 0 Å². The average molecular weight is 254 g/mol. The number of hydrogen-bond acceptors (Lipinski definition) is 4. The molecule has 1 aliphatic carbocycles. The minimum absolute atomic E-state index is 0.642. The van der Waals surface area contributed by atoms with Gasteiger partial charge in [-0.1, -0.05) is 30.3 Å². The Morgan fingerprint density at radius 1 is 1.16 bits per heavy atom. The lowest BCUT2D eigenvalue weighted by Crippen LogP contribution is -2.21. The lowest BCUT2D eigenvalue weighted by molar-refractivity contribution is 0.888. The lowest BCUT2D eigenvalue weighted by Gasteiger charge is -2.18. The Bertz CT molecular complexity index is 564. The van der Waals surface area contributed by atoms with Crippen LogP contribution in [0.5, 0.6) is 0 Å². The van der Waals surface area contributed by atoms with E-state index in [1.807, 2.05) is 43.4 Å². The predicted molar refractivity (Wildman–Crippen MR) is 78.4 cm³/mol. The van der Waals surface area contributed by atoms with Gasteiger partial charge in [-0.2, -0.15) is 0 Å². The van der Waals surface area contributed by atoms with Crippen LogP contribution in [0, 0.1) is 0 Å². The third-order valence-electron chi connectivity index (χ3n) is 3.46. The van der Waals surface area contributed by atoms with E-state index in [0.29, 0.717) is 6.04 Å². The Morgan fingerprint density at radius 3 is 2.53 bits per heavy atom. The molecule has 1 aromatic heterocycles. The molecule has 3 rings (SSSR count). The zero-order chi connectivity index (χ0) is 13.2. The first-order chi connectivity index (χ1) is 9.28. The summed E-state index contributed by atoms with van der Waals surface area (Å²) in [5.41, 5.74) is 1.05. The van der Waals surface area contributed by atoms with Crippen molar-refractivity contribution in [2.24, 2.45) is 0 Å². The second-order valence-electron chi connectivity index (χ2n) is 4.89. The predicted octanol–water partition coefficient (Wildman–Crippen LogP) is 2.78. The number of aromatic nitrogens is 2. The van der Waals surface area contributed by atoms with Gasteiger partial charge in [0.2, 0.25) is 0 Å². The van der Waals surface area contributed by atoms with Crippen LogP contribution in [-0.4, -0.2) is 30.1 Å². The van der Waals surface area contributed by atoms with Gasteiger partial charge < -0.3 is 10.2 Å². The van der Waals surface area contributed by atoms with E-state index in [0.717, 1.165) is 23.0 Å². The van der Waals surface area contributed by atoms with Crippen molar-refractivity contribution in [3.8, 4) is 11.4 Å². The second-order valence-corrected chi connectivity index (χ2v) is 4.89. The molecule has 0 spiro atoms. The van der Waals surface area contributed by atoms with Crippen LogP contribution >= 0.6 is 0 Å². The van der Waals surface area contributed by atoms with Crippen LogP contribution in [0.1, 0.15) is 12.8 Å². The number of rotatable bonds is 4. The Hall–Kier alpha value is -2.10. The summed E-state index contributed by atoms with van der Waals surface area (Å²) in [6, 6.07) is 12.7. The average Bonchev–Trinajstić information content (AvgIpc) is 3.31. The Kier molecular flexibility index (Phi) is 3.07. The number of anilines is 2. The summed E-state index contributed by atoms with van der Waals surface area (Å²) in [5, 5.41) is 3.11. The van der Waals surface area contributed by atoms with Crippen LogP contribution in [0.3, 0.4) is 0 Å². The summed E-state index contributed by atoms with van der Waals surface area (Å²) in [5.74, 6) is 2.62. The molecule has 0 saturated heterocycles. The third kappa shape index (κ3) is 2.52. The van der Waals surface area contributed by atoms with E-state index >= 15 is 0 Å². The van der Waals surface area contributed by atoms with Crippen LogP contribution in [0.4, 0.5) is 11.6 Å². The highest BCUT2D eigenvalue weighted by Crippen LogP contribution is 2.31. The molecule has 1 heterocycles. The van der Waals surface area contributed by atoms with Crippen LogP contribution in [0.2, 0.25) is 0 Å². The summed E-state index contributed by atoms with van der Waals surface area (Å²) in [7, 11) is 3.99. The SMILES string of the molecule is CNc1cc(N(C)C2CC2)nc(-c2ccccc2)n1. The van der Waals surface area contributed by atoms with E-state index in [-0.39, 0.29) is 0 Å². The molecule has 1 aromatic carbocycles. The van der Waals surface area contributed by atoms with Crippen molar-refractivity contribution in [1.29, 1.82) is 0 Å². The van der Waals surface area contributed by atoms with E-state index in [1.165, 1.54) is 12.8 Å². The van der Waals surface area contributed by atoms with Gasteiger partial charge in [-0.3, -0.25) is 0 Å².